The van der Waals surface area contributed by atoms with Crippen molar-refractivity contribution in [3.8, 4) is 0 Å². The predicted octanol–water partition coefficient (Wildman–Crippen LogP) is 3.44. The van der Waals surface area contributed by atoms with E-state index in [9.17, 15) is 9.90 Å². The standard InChI is InChI=1S/C14H28O3/c1-3-4-5-6-7-8-9-10-11-13(15)12-14(16)17-2/h13,15H,3-12H2,1-2H3/t13-/m0/s1. The summed E-state index contributed by atoms with van der Waals surface area (Å²) < 4.78 is 4.50. The summed E-state index contributed by atoms with van der Waals surface area (Å²) in [4.78, 5) is 10.9. The van der Waals surface area contributed by atoms with Gasteiger partial charge in [0.2, 0.25) is 0 Å². The number of hydrogen-bond acceptors (Lipinski definition) is 3. The molecule has 0 amide bonds. The van der Waals surface area contributed by atoms with Crippen LogP contribution in [0.3, 0.4) is 0 Å². The Balaban J connectivity index is 3.19. The second-order valence-electron chi connectivity index (χ2n) is 4.70. The minimum absolute atomic E-state index is 0.132. The van der Waals surface area contributed by atoms with Gasteiger partial charge in [0.25, 0.3) is 0 Å². The molecule has 0 unspecified atom stereocenters. The van der Waals surface area contributed by atoms with E-state index in [2.05, 4.69) is 11.7 Å². The summed E-state index contributed by atoms with van der Waals surface area (Å²) >= 11 is 0. The molecule has 0 aromatic carbocycles. The second-order valence-corrected chi connectivity index (χ2v) is 4.70. The van der Waals surface area contributed by atoms with Crippen LogP contribution in [0.2, 0.25) is 0 Å². The molecule has 0 saturated heterocycles. The summed E-state index contributed by atoms with van der Waals surface area (Å²) in [6.07, 6.45) is 10.3. The van der Waals surface area contributed by atoms with E-state index in [1.54, 1.807) is 0 Å². The van der Waals surface area contributed by atoms with E-state index in [1.165, 1.54) is 45.6 Å². The largest absolute Gasteiger partial charge is 0.469 e. The number of esters is 1. The van der Waals surface area contributed by atoms with Gasteiger partial charge >= 0.3 is 5.97 Å². The number of unbranched alkanes of at least 4 members (excludes halogenated alkanes) is 7. The SMILES string of the molecule is CCCCCCCCCC[C@H](O)CC(=O)OC. The summed E-state index contributed by atoms with van der Waals surface area (Å²) in [5.41, 5.74) is 0. The van der Waals surface area contributed by atoms with Gasteiger partial charge in [-0.2, -0.15) is 0 Å². The van der Waals surface area contributed by atoms with Crippen LogP contribution in [0.15, 0.2) is 0 Å². The third-order valence-corrected chi connectivity index (χ3v) is 3.02. The highest BCUT2D eigenvalue weighted by atomic mass is 16.5. The molecule has 1 N–H and O–H groups in total. The molecule has 17 heavy (non-hydrogen) atoms. The Hall–Kier alpha value is -0.570. The highest BCUT2D eigenvalue weighted by molar-refractivity contribution is 5.69. The number of aliphatic hydroxyl groups excluding tert-OH is 1. The molecule has 0 aliphatic heterocycles. The fourth-order valence-electron chi connectivity index (χ4n) is 1.89. The van der Waals surface area contributed by atoms with Crippen LogP contribution in [-0.2, 0) is 9.53 Å². The summed E-state index contributed by atoms with van der Waals surface area (Å²) in [6.45, 7) is 2.22. The lowest BCUT2D eigenvalue weighted by molar-refractivity contribution is -0.142. The number of methoxy groups -OCH3 is 1. The number of ether oxygens (including phenoxy) is 1. The Morgan fingerprint density at radius 3 is 2.12 bits per heavy atom. The zero-order chi connectivity index (χ0) is 12.9. The van der Waals surface area contributed by atoms with Crippen molar-refractivity contribution in [1.29, 1.82) is 0 Å². The summed E-state index contributed by atoms with van der Waals surface area (Å²) in [6, 6.07) is 0. The van der Waals surface area contributed by atoms with Crippen molar-refractivity contribution in [2.45, 2.75) is 77.2 Å². The van der Waals surface area contributed by atoms with Gasteiger partial charge in [-0.25, -0.2) is 0 Å². The quantitative estimate of drug-likeness (QED) is 0.447. The van der Waals surface area contributed by atoms with E-state index < -0.39 is 6.10 Å². The van der Waals surface area contributed by atoms with Gasteiger partial charge < -0.3 is 9.84 Å². The van der Waals surface area contributed by atoms with Crippen molar-refractivity contribution in [3.05, 3.63) is 0 Å². The van der Waals surface area contributed by atoms with Crippen molar-refractivity contribution in [3.63, 3.8) is 0 Å². The molecule has 0 rings (SSSR count). The molecule has 0 aliphatic rings. The van der Waals surface area contributed by atoms with Crippen molar-refractivity contribution in [2.75, 3.05) is 7.11 Å². The average molecular weight is 244 g/mol. The maximum atomic E-state index is 10.9. The van der Waals surface area contributed by atoms with E-state index in [1.807, 2.05) is 0 Å². The lowest BCUT2D eigenvalue weighted by Crippen LogP contribution is -2.14. The number of aliphatic hydroxyl groups is 1. The van der Waals surface area contributed by atoms with Gasteiger partial charge in [-0.05, 0) is 6.42 Å². The molecule has 1 atom stereocenters. The third kappa shape index (κ3) is 11.7. The van der Waals surface area contributed by atoms with Crippen LogP contribution < -0.4 is 0 Å². The molecule has 3 nitrogen and oxygen atoms in total. The fraction of sp³-hybridized carbons (Fsp3) is 0.929. The Morgan fingerprint density at radius 2 is 1.59 bits per heavy atom. The number of carbonyl (C=O) groups excluding carboxylic acids is 1. The smallest absolute Gasteiger partial charge is 0.308 e. The first-order valence-corrected chi connectivity index (χ1v) is 6.95. The average Bonchev–Trinajstić information content (AvgIpc) is 2.32. The minimum atomic E-state index is -0.525. The van der Waals surface area contributed by atoms with Crippen molar-refractivity contribution >= 4 is 5.97 Å². The maximum Gasteiger partial charge on any atom is 0.308 e. The van der Waals surface area contributed by atoms with Gasteiger partial charge in [-0.1, -0.05) is 58.3 Å². The summed E-state index contributed by atoms with van der Waals surface area (Å²) in [7, 11) is 1.35. The van der Waals surface area contributed by atoms with E-state index >= 15 is 0 Å². The normalized spacial score (nSPS) is 12.4. The van der Waals surface area contributed by atoms with E-state index in [0.717, 1.165) is 12.8 Å². The van der Waals surface area contributed by atoms with Gasteiger partial charge in [0.1, 0.15) is 0 Å². The summed E-state index contributed by atoms with van der Waals surface area (Å²) in [5, 5.41) is 9.52. The van der Waals surface area contributed by atoms with Crippen molar-refractivity contribution < 1.29 is 14.6 Å². The monoisotopic (exact) mass is 244 g/mol. The number of rotatable bonds is 11. The maximum absolute atomic E-state index is 10.9. The first-order chi connectivity index (χ1) is 8.20. The third-order valence-electron chi connectivity index (χ3n) is 3.02. The number of hydrogen-bond donors (Lipinski definition) is 1. The van der Waals surface area contributed by atoms with Crippen LogP contribution in [0.25, 0.3) is 0 Å². The highest BCUT2D eigenvalue weighted by Gasteiger charge is 2.09. The Morgan fingerprint density at radius 1 is 1.06 bits per heavy atom. The van der Waals surface area contributed by atoms with Gasteiger partial charge in [0, 0.05) is 0 Å². The van der Waals surface area contributed by atoms with Gasteiger partial charge in [0.05, 0.1) is 19.6 Å². The van der Waals surface area contributed by atoms with E-state index in [-0.39, 0.29) is 12.4 Å². The Bertz CT molecular complexity index is 180. The molecule has 0 aliphatic carbocycles. The summed E-state index contributed by atoms with van der Waals surface area (Å²) in [5.74, 6) is -0.322. The molecular formula is C14H28O3. The molecule has 0 spiro atoms. The van der Waals surface area contributed by atoms with Crippen LogP contribution in [0.4, 0.5) is 0 Å². The van der Waals surface area contributed by atoms with Crippen LogP contribution in [0.1, 0.15) is 71.1 Å². The molecule has 102 valence electrons. The minimum Gasteiger partial charge on any atom is -0.469 e. The van der Waals surface area contributed by atoms with Crippen LogP contribution in [0, 0.1) is 0 Å². The van der Waals surface area contributed by atoms with Gasteiger partial charge in [-0.3, -0.25) is 4.79 Å². The van der Waals surface area contributed by atoms with E-state index in [4.69, 9.17) is 0 Å². The zero-order valence-corrected chi connectivity index (χ0v) is 11.4. The molecule has 0 aromatic rings. The topological polar surface area (TPSA) is 46.5 Å². The lowest BCUT2D eigenvalue weighted by atomic mass is 10.0. The molecule has 0 radical (unpaired) electrons. The van der Waals surface area contributed by atoms with E-state index in [0.29, 0.717) is 6.42 Å². The predicted molar refractivity (Wildman–Crippen MR) is 69.9 cm³/mol. The molecule has 0 aromatic heterocycles. The van der Waals surface area contributed by atoms with Crippen molar-refractivity contribution in [1.82, 2.24) is 0 Å². The first kappa shape index (κ1) is 16.4. The Labute approximate surface area is 106 Å². The van der Waals surface area contributed by atoms with Gasteiger partial charge in [0.15, 0.2) is 0 Å². The molecule has 3 heteroatoms. The second kappa shape index (κ2) is 11.9. The fourth-order valence-corrected chi connectivity index (χ4v) is 1.89. The Kier molecular flexibility index (Phi) is 11.5. The van der Waals surface area contributed by atoms with Crippen LogP contribution >= 0.6 is 0 Å². The molecule has 0 heterocycles. The molecule has 0 bridgehead atoms. The lowest BCUT2D eigenvalue weighted by Gasteiger charge is -2.08. The first-order valence-electron chi connectivity index (χ1n) is 6.95. The molecule has 0 saturated carbocycles. The van der Waals surface area contributed by atoms with Gasteiger partial charge in [-0.15, -0.1) is 0 Å². The van der Waals surface area contributed by atoms with Crippen LogP contribution in [0.5, 0.6) is 0 Å². The number of carbonyl (C=O) groups is 1. The zero-order valence-electron chi connectivity index (χ0n) is 11.4. The molecule has 0 fully saturated rings. The van der Waals surface area contributed by atoms with Crippen molar-refractivity contribution in [2.24, 2.45) is 0 Å². The molecular weight excluding hydrogens is 216 g/mol. The van der Waals surface area contributed by atoms with Crippen LogP contribution in [-0.4, -0.2) is 24.3 Å². The highest BCUT2D eigenvalue weighted by Crippen LogP contribution is 2.11.